The normalized spacial score (nSPS) is 18.4. The van der Waals surface area contributed by atoms with Crippen molar-refractivity contribution >= 4 is 34.7 Å². The van der Waals surface area contributed by atoms with Crippen molar-refractivity contribution in [2.45, 2.75) is 19.9 Å². The summed E-state index contributed by atoms with van der Waals surface area (Å²) in [4.78, 5) is 27.3. The lowest BCUT2D eigenvalue weighted by Gasteiger charge is -2.24. The van der Waals surface area contributed by atoms with Gasteiger partial charge < -0.3 is 9.52 Å². The highest BCUT2D eigenvalue weighted by molar-refractivity contribution is 6.51. The van der Waals surface area contributed by atoms with Gasteiger partial charge in [-0.05, 0) is 73.5 Å². The van der Waals surface area contributed by atoms with Crippen molar-refractivity contribution in [1.82, 2.24) is 0 Å². The number of carbonyl (C=O) groups excluding carboxylic acids is 2. The van der Waals surface area contributed by atoms with Crippen molar-refractivity contribution in [1.29, 1.82) is 0 Å². The van der Waals surface area contributed by atoms with Gasteiger partial charge in [0, 0.05) is 16.3 Å². The zero-order valence-electron chi connectivity index (χ0n) is 15.8. The van der Waals surface area contributed by atoms with Crippen molar-refractivity contribution in [2.24, 2.45) is 0 Å². The molecule has 29 heavy (non-hydrogen) atoms. The Balaban J connectivity index is 1.94. The largest absolute Gasteiger partial charge is 0.507 e. The Morgan fingerprint density at radius 1 is 1.03 bits per heavy atom. The number of ketones is 1. The Morgan fingerprint density at radius 3 is 2.28 bits per heavy atom. The van der Waals surface area contributed by atoms with Crippen LogP contribution in [0.1, 0.15) is 28.5 Å². The van der Waals surface area contributed by atoms with E-state index in [1.165, 1.54) is 11.2 Å². The third-order valence-corrected chi connectivity index (χ3v) is 5.11. The maximum Gasteiger partial charge on any atom is 0.300 e. The molecule has 6 heteroatoms. The molecular formula is C23H18ClNO4. The van der Waals surface area contributed by atoms with Gasteiger partial charge in [-0.1, -0.05) is 17.7 Å². The van der Waals surface area contributed by atoms with Crippen LogP contribution < -0.4 is 4.90 Å². The number of aliphatic hydroxyl groups excluding tert-OH is 1. The van der Waals surface area contributed by atoms with Crippen LogP contribution in [-0.4, -0.2) is 16.8 Å². The van der Waals surface area contributed by atoms with Crippen LogP contribution in [0.2, 0.25) is 5.02 Å². The molecule has 1 aliphatic heterocycles. The minimum absolute atomic E-state index is 0.0218. The number of amides is 1. The van der Waals surface area contributed by atoms with Gasteiger partial charge in [0.2, 0.25) is 0 Å². The first-order chi connectivity index (χ1) is 13.9. The van der Waals surface area contributed by atoms with Crippen molar-refractivity contribution < 1.29 is 19.1 Å². The summed E-state index contributed by atoms with van der Waals surface area (Å²) in [6, 6.07) is 14.5. The van der Waals surface area contributed by atoms with Crippen LogP contribution >= 0.6 is 11.6 Å². The van der Waals surface area contributed by atoms with Crippen LogP contribution in [0.15, 0.2) is 70.9 Å². The molecule has 2 aromatic carbocycles. The summed E-state index contributed by atoms with van der Waals surface area (Å²) in [5.41, 5.74) is 2.85. The summed E-state index contributed by atoms with van der Waals surface area (Å²) >= 11 is 5.93. The molecule has 1 amide bonds. The molecule has 0 bridgehead atoms. The first-order valence-corrected chi connectivity index (χ1v) is 9.43. The van der Waals surface area contributed by atoms with E-state index in [9.17, 15) is 14.7 Å². The number of carbonyl (C=O) groups is 2. The monoisotopic (exact) mass is 407 g/mol. The van der Waals surface area contributed by atoms with Gasteiger partial charge in [-0.2, -0.15) is 0 Å². The van der Waals surface area contributed by atoms with E-state index in [0.29, 0.717) is 22.0 Å². The number of aliphatic hydroxyl groups is 1. The number of rotatable bonds is 3. The van der Waals surface area contributed by atoms with E-state index < -0.39 is 17.7 Å². The second-order valence-corrected chi connectivity index (χ2v) is 7.47. The topological polar surface area (TPSA) is 70.8 Å². The molecule has 0 spiro atoms. The smallest absolute Gasteiger partial charge is 0.300 e. The van der Waals surface area contributed by atoms with E-state index in [4.69, 9.17) is 16.0 Å². The highest BCUT2D eigenvalue weighted by Crippen LogP contribution is 2.42. The molecule has 2 heterocycles. The highest BCUT2D eigenvalue weighted by atomic mass is 35.5. The molecule has 1 N–H and O–H groups in total. The van der Waals surface area contributed by atoms with Crippen molar-refractivity contribution in [3.63, 3.8) is 0 Å². The molecule has 1 saturated heterocycles. The van der Waals surface area contributed by atoms with E-state index >= 15 is 0 Å². The zero-order valence-corrected chi connectivity index (χ0v) is 16.6. The van der Waals surface area contributed by atoms with Gasteiger partial charge in [-0.15, -0.1) is 0 Å². The summed E-state index contributed by atoms with van der Waals surface area (Å²) in [5, 5.41) is 11.4. The predicted molar refractivity (Wildman–Crippen MR) is 111 cm³/mol. The number of halogens is 1. The summed E-state index contributed by atoms with van der Waals surface area (Å²) in [6.45, 7) is 3.84. The van der Waals surface area contributed by atoms with Gasteiger partial charge in [-0.25, -0.2) is 0 Å². The average Bonchev–Trinajstić information content (AvgIpc) is 3.28. The van der Waals surface area contributed by atoms with Gasteiger partial charge in [-0.3, -0.25) is 14.5 Å². The quantitative estimate of drug-likeness (QED) is 0.369. The lowest BCUT2D eigenvalue weighted by atomic mass is 9.99. The molecule has 5 nitrogen and oxygen atoms in total. The van der Waals surface area contributed by atoms with Crippen LogP contribution in [0.3, 0.4) is 0 Å². The first-order valence-electron chi connectivity index (χ1n) is 9.05. The number of benzene rings is 2. The molecule has 1 atom stereocenters. The molecular weight excluding hydrogens is 390 g/mol. The molecule has 0 saturated carbocycles. The van der Waals surface area contributed by atoms with E-state index in [2.05, 4.69) is 0 Å². The molecule has 3 aromatic rings. The lowest BCUT2D eigenvalue weighted by Crippen LogP contribution is -2.29. The third kappa shape index (κ3) is 3.34. The van der Waals surface area contributed by atoms with Crippen molar-refractivity contribution in [3.05, 3.63) is 93.9 Å². The maximum atomic E-state index is 13.0. The number of nitrogens with zero attached hydrogens (tertiary/aromatic N) is 1. The number of hydrogen-bond acceptors (Lipinski definition) is 4. The predicted octanol–water partition coefficient (Wildman–Crippen LogP) is 5.18. The van der Waals surface area contributed by atoms with Gasteiger partial charge in [0.25, 0.3) is 11.7 Å². The Bertz CT molecular complexity index is 1110. The van der Waals surface area contributed by atoms with E-state index in [1.54, 1.807) is 36.4 Å². The van der Waals surface area contributed by atoms with E-state index in [-0.39, 0.29) is 11.3 Å². The fraction of sp³-hybridized carbons (Fsp3) is 0.130. The third-order valence-electron chi connectivity index (χ3n) is 4.86. The summed E-state index contributed by atoms with van der Waals surface area (Å²) in [6.07, 6.45) is 1.47. The second kappa shape index (κ2) is 7.26. The average molecular weight is 408 g/mol. The highest BCUT2D eigenvalue weighted by Gasteiger charge is 2.48. The van der Waals surface area contributed by atoms with Crippen LogP contribution in [0.5, 0.6) is 0 Å². The molecule has 1 aromatic heterocycles. The Kier molecular flexibility index (Phi) is 4.76. The Hall–Kier alpha value is -3.31. The Morgan fingerprint density at radius 2 is 1.69 bits per heavy atom. The lowest BCUT2D eigenvalue weighted by molar-refractivity contribution is -0.132. The number of hydrogen-bond donors (Lipinski definition) is 1. The van der Waals surface area contributed by atoms with Crippen LogP contribution in [0.25, 0.3) is 5.76 Å². The van der Waals surface area contributed by atoms with Crippen molar-refractivity contribution in [3.8, 4) is 0 Å². The van der Waals surface area contributed by atoms with Crippen LogP contribution in [-0.2, 0) is 9.59 Å². The number of furan rings is 1. The first kappa shape index (κ1) is 19.0. The Labute approximate surface area is 172 Å². The molecule has 1 aliphatic rings. The summed E-state index contributed by atoms with van der Waals surface area (Å²) < 4.78 is 5.55. The van der Waals surface area contributed by atoms with E-state index in [1.807, 2.05) is 32.0 Å². The second-order valence-electron chi connectivity index (χ2n) is 7.04. The minimum Gasteiger partial charge on any atom is -0.507 e. The molecule has 1 unspecified atom stereocenters. The minimum atomic E-state index is -0.873. The molecule has 0 aliphatic carbocycles. The van der Waals surface area contributed by atoms with Crippen LogP contribution in [0, 0.1) is 13.8 Å². The SMILES string of the molecule is Cc1cc(C)cc(N2C(=O)C(=O)/C(=C(\O)c3ccc(Cl)cc3)C2c2ccco2)c1. The van der Waals surface area contributed by atoms with Crippen molar-refractivity contribution in [2.75, 3.05) is 4.90 Å². The number of aryl methyl sites for hydroxylation is 2. The molecule has 0 radical (unpaired) electrons. The fourth-order valence-corrected chi connectivity index (χ4v) is 3.79. The number of Topliss-reactive ketones (excluding diaryl/α,β-unsaturated/α-hetero) is 1. The van der Waals surface area contributed by atoms with Crippen LogP contribution in [0.4, 0.5) is 5.69 Å². The number of anilines is 1. The molecule has 146 valence electrons. The molecule has 4 rings (SSSR count). The van der Waals surface area contributed by atoms with Gasteiger partial charge in [0.15, 0.2) is 0 Å². The summed E-state index contributed by atoms with van der Waals surface area (Å²) in [5.74, 6) is -1.36. The van der Waals surface area contributed by atoms with Gasteiger partial charge in [0.05, 0.1) is 11.8 Å². The molecule has 1 fully saturated rings. The van der Waals surface area contributed by atoms with Gasteiger partial charge >= 0.3 is 0 Å². The van der Waals surface area contributed by atoms with E-state index in [0.717, 1.165) is 11.1 Å². The standard InChI is InChI=1S/C23H18ClNO4/c1-13-10-14(2)12-17(11-13)25-20(18-4-3-9-29-18)19(22(27)23(25)28)21(26)15-5-7-16(24)8-6-15/h3-12,20,26H,1-2H3/b21-19-. The maximum absolute atomic E-state index is 13.0. The van der Waals surface area contributed by atoms with Gasteiger partial charge in [0.1, 0.15) is 17.6 Å². The zero-order chi connectivity index (χ0) is 20.7. The fourth-order valence-electron chi connectivity index (χ4n) is 3.67. The summed E-state index contributed by atoms with van der Waals surface area (Å²) in [7, 11) is 0.